The van der Waals surface area contributed by atoms with Crippen LogP contribution in [0.15, 0.2) is 47.4 Å². The summed E-state index contributed by atoms with van der Waals surface area (Å²) in [5.74, 6) is 1.05. The molecule has 1 aliphatic heterocycles. The number of nitrogens with zero attached hydrogens (tertiary/aromatic N) is 1. The third-order valence-electron chi connectivity index (χ3n) is 3.93. The molecule has 5 heteroatoms. The standard InChI is InChI=1S/C18H19NO3S/c1-22-16-6-7-17-15(10-16)12-19(8-9-23-17)11-13-2-4-14(5-3-13)18(20)21/h2-7,10H,8-9,11-12H2,1H3,(H,20,21). The Kier molecular flexibility index (Phi) is 4.88. The molecule has 0 unspecified atom stereocenters. The molecule has 0 saturated heterocycles. The van der Waals surface area contributed by atoms with Gasteiger partial charge in [-0.05, 0) is 41.5 Å². The number of carboxylic acids is 1. The van der Waals surface area contributed by atoms with Crippen molar-refractivity contribution in [2.24, 2.45) is 0 Å². The normalized spacial score (nSPS) is 14.8. The number of hydrogen-bond acceptors (Lipinski definition) is 4. The van der Waals surface area contributed by atoms with Crippen LogP contribution in [0.2, 0.25) is 0 Å². The van der Waals surface area contributed by atoms with Gasteiger partial charge in [-0.25, -0.2) is 4.79 Å². The molecular formula is C18H19NO3S. The first-order valence-electron chi connectivity index (χ1n) is 7.50. The van der Waals surface area contributed by atoms with Gasteiger partial charge in [-0.1, -0.05) is 12.1 Å². The van der Waals surface area contributed by atoms with Crippen LogP contribution in [-0.4, -0.2) is 35.4 Å². The van der Waals surface area contributed by atoms with Crippen LogP contribution in [0.3, 0.4) is 0 Å². The maximum atomic E-state index is 10.9. The number of ether oxygens (including phenoxy) is 1. The summed E-state index contributed by atoms with van der Waals surface area (Å²) in [7, 11) is 1.69. The van der Waals surface area contributed by atoms with Gasteiger partial charge in [-0.3, -0.25) is 4.90 Å². The van der Waals surface area contributed by atoms with Gasteiger partial charge in [0.25, 0.3) is 0 Å². The first-order valence-corrected chi connectivity index (χ1v) is 8.48. The quantitative estimate of drug-likeness (QED) is 0.930. The topological polar surface area (TPSA) is 49.8 Å². The molecule has 120 valence electrons. The van der Waals surface area contributed by atoms with E-state index in [0.717, 1.165) is 36.7 Å². The van der Waals surface area contributed by atoms with Gasteiger partial charge >= 0.3 is 5.97 Å². The van der Waals surface area contributed by atoms with Crippen molar-refractivity contribution in [1.29, 1.82) is 0 Å². The monoisotopic (exact) mass is 329 g/mol. The Labute approximate surface area is 140 Å². The second kappa shape index (κ2) is 7.06. The number of rotatable bonds is 4. The van der Waals surface area contributed by atoms with Gasteiger partial charge in [0.2, 0.25) is 0 Å². The second-order valence-electron chi connectivity index (χ2n) is 5.53. The van der Waals surface area contributed by atoms with Crippen LogP contribution in [0, 0.1) is 0 Å². The lowest BCUT2D eigenvalue weighted by atomic mass is 10.1. The summed E-state index contributed by atoms with van der Waals surface area (Å²) in [5.41, 5.74) is 2.75. The molecule has 1 N–H and O–H groups in total. The van der Waals surface area contributed by atoms with Crippen LogP contribution in [0.25, 0.3) is 0 Å². The van der Waals surface area contributed by atoms with Crippen molar-refractivity contribution in [2.45, 2.75) is 18.0 Å². The highest BCUT2D eigenvalue weighted by Crippen LogP contribution is 2.30. The number of hydrogen-bond donors (Lipinski definition) is 1. The fourth-order valence-corrected chi connectivity index (χ4v) is 3.74. The van der Waals surface area contributed by atoms with Crippen LogP contribution in [0.1, 0.15) is 21.5 Å². The highest BCUT2D eigenvalue weighted by molar-refractivity contribution is 7.99. The van der Waals surface area contributed by atoms with Crippen molar-refractivity contribution in [2.75, 3.05) is 19.4 Å². The van der Waals surface area contributed by atoms with E-state index in [4.69, 9.17) is 9.84 Å². The molecule has 0 bridgehead atoms. The number of aromatic carboxylic acids is 1. The van der Waals surface area contributed by atoms with Gasteiger partial charge in [0.15, 0.2) is 0 Å². The Morgan fingerprint density at radius 2 is 2.04 bits per heavy atom. The average Bonchev–Trinajstić information content (AvgIpc) is 2.76. The molecule has 1 aliphatic rings. The van der Waals surface area contributed by atoms with Crippen LogP contribution < -0.4 is 4.74 Å². The summed E-state index contributed by atoms with van der Waals surface area (Å²) in [6, 6.07) is 13.4. The minimum absolute atomic E-state index is 0.329. The zero-order valence-corrected chi connectivity index (χ0v) is 13.8. The SMILES string of the molecule is COc1ccc2c(c1)CN(Cc1ccc(C(=O)O)cc1)CCS2. The average molecular weight is 329 g/mol. The van der Waals surface area contributed by atoms with Crippen molar-refractivity contribution in [3.8, 4) is 5.75 Å². The Morgan fingerprint density at radius 3 is 2.74 bits per heavy atom. The molecule has 0 saturated carbocycles. The third-order valence-corrected chi connectivity index (χ3v) is 5.03. The van der Waals surface area contributed by atoms with Gasteiger partial charge in [0.05, 0.1) is 12.7 Å². The van der Waals surface area contributed by atoms with Gasteiger partial charge in [-0.15, -0.1) is 11.8 Å². The predicted octanol–water partition coefficient (Wildman–Crippen LogP) is 3.50. The van der Waals surface area contributed by atoms with E-state index in [0.29, 0.717) is 5.56 Å². The summed E-state index contributed by atoms with van der Waals surface area (Å²) in [6.07, 6.45) is 0. The lowest BCUT2D eigenvalue weighted by Gasteiger charge is -2.20. The molecule has 2 aromatic rings. The molecule has 0 atom stereocenters. The van der Waals surface area contributed by atoms with Crippen molar-refractivity contribution >= 4 is 17.7 Å². The lowest BCUT2D eigenvalue weighted by molar-refractivity contribution is 0.0697. The third kappa shape index (κ3) is 3.86. The van der Waals surface area contributed by atoms with Crippen molar-refractivity contribution in [1.82, 2.24) is 4.90 Å². The summed E-state index contributed by atoms with van der Waals surface area (Å²) >= 11 is 1.87. The Morgan fingerprint density at radius 1 is 1.26 bits per heavy atom. The fraction of sp³-hybridized carbons (Fsp3) is 0.278. The Bertz CT molecular complexity index is 700. The van der Waals surface area contributed by atoms with Crippen LogP contribution in [0.4, 0.5) is 0 Å². The van der Waals surface area contributed by atoms with Gasteiger partial charge in [0, 0.05) is 30.3 Å². The highest BCUT2D eigenvalue weighted by Gasteiger charge is 2.16. The van der Waals surface area contributed by atoms with E-state index in [2.05, 4.69) is 17.0 Å². The van der Waals surface area contributed by atoms with E-state index in [1.165, 1.54) is 10.5 Å². The predicted molar refractivity (Wildman–Crippen MR) is 91.2 cm³/mol. The van der Waals surface area contributed by atoms with Crippen molar-refractivity contribution in [3.05, 3.63) is 59.2 Å². The molecule has 2 aromatic carbocycles. The van der Waals surface area contributed by atoms with Crippen LogP contribution in [-0.2, 0) is 13.1 Å². The lowest BCUT2D eigenvalue weighted by Crippen LogP contribution is -2.24. The molecule has 0 aliphatic carbocycles. The molecule has 0 aromatic heterocycles. The maximum absolute atomic E-state index is 10.9. The van der Waals surface area contributed by atoms with E-state index in [-0.39, 0.29) is 0 Å². The zero-order valence-electron chi connectivity index (χ0n) is 13.0. The maximum Gasteiger partial charge on any atom is 0.335 e. The zero-order chi connectivity index (χ0) is 16.2. The van der Waals surface area contributed by atoms with Crippen molar-refractivity contribution < 1.29 is 14.6 Å². The van der Waals surface area contributed by atoms with Gasteiger partial charge in [0.1, 0.15) is 5.75 Å². The molecule has 1 heterocycles. The van der Waals surface area contributed by atoms with E-state index in [9.17, 15) is 4.79 Å². The number of methoxy groups -OCH3 is 1. The first-order chi connectivity index (χ1) is 11.2. The molecule has 0 radical (unpaired) electrons. The molecular weight excluding hydrogens is 310 g/mol. The molecule has 0 spiro atoms. The summed E-state index contributed by atoms with van der Waals surface area (Å²) in [4.78, 5) is 14.6. The smallest absolute Gasteiger partial charge is 0.335 e. The first kappa shape index (κ1) is 15.9. The second-order valence-corrected chi connectivity index (χ2v) is 6.67. The summed E-state index contributed by atoms with van der Waals surface area (Å²) in [5, 5.41) is 8.97. The van der Waals surface area contributed by atoms with Gasteiger partial charge in [-0.2, -0.15) is 0 Å². The van der Waals surface area contributed by atoms with Crippen LogP contribution in [0.5, 0.6) is 5.75 Å². The largest absolute Gasteiger partial charge is 0.497 e. The van der Waals surface area contributed by atoms with E-state index in [1.807, 2.05) is 30.0 Å². The van der Waals surface area contributed by atoms with E-state index < -0.39 is 5.97 Å². The van der Waals surface area contributed by atoms with Gasteiger partial charge < -0.3 is 9.84 Å². The molecule has 3 rings (SSSR count). The summed E-state index contributed by atoms with van der Waals surface area (Å²) in [6.45, 7) is 2.69. The molecule has 0 fully saturated rings. The van der Waals surface area contributed by atoms with E-state index >= 15 is 0 Å². The molecule has 0 amide bonds. The van der Waals surface area contributed by atoms with Crippen molar-refractivity contribution in [3.63, 3.8) is 0 Å². The number of benzene rings is 2. The fourth-order valence-electron chi connectivity index (χ4n) is 2.70. The minimum atomic E-state index is -0.885. The minimum Gasteiger partial charge on any atom is -0.497 e. The number of thioether (sulfide) groups is 1. The number of fused-ring (bicyclic) bond motifs is 1. The number of carbonyl (C=O) groups is 1. The van der Waals surface area contributed by atoms with E-state index in [1.54, 1.807) is 19.2 Å². The number of carboxylic acid groups (broad SMARTS) is 1. The molecule has 4 nitrogen and oxygen atoms in total. The summed E-state index contributed by atoms with van der Waals surface area (Å²) < 4.78 is 5.33. The Balaban J connectivity index is 1.74. The highest BCUT2D eigenvalue weighted by atomic mass is 32.2. The van der Waals surface area contributed by atoms with Crippen LogP contribution >= 0.6 is 11.8 Å². The molecule has 23 heavy (non-hydrogen) atoms. The Hall–Kier alpha value is -1.98.